The molecule has 0 aliphatic heterocycles. The topological polar surface area (TPSA) is 58.6 Å². The molecule has 3 rings (SSSR count). The van der Waals surface area contributed by atoms with Crippen LogP contribution in [0.3, 0.4) is 0 Å². The third kappa shape index (κ3) is 10.9. The van der Waals surface area contributed by atoms with Crippen LogP contribution in [0.5, 0.6) is 0 Å². The Morgan fingerprint density at radius 2 is 1.41 bits per heavy atom. The fourth-order valence-corrected chi connectivity index (χ4v) is 5.61. The SMILES string of the molecule is CC(C)(C)OC(=O)[C@H](Cc1ccccc1)NC(=O)N(CCSSc1ccccc1)CCc1ccccc1. The second-order valence-corrected chi connectivity index (χ2v) is 12.2. The molecule has 0 unspecified atom stereocenters. The summed E-state index contributed by atoms with van der Waals surface area (Å²) >= 11 is 0. The van der Waals surface area contributed by atoms with Gasteiger partial charge in [0, 0.05) is 30.2 Å². The Bertz CT molecular complexity index is 1090. The van der Waals surface area contributed by atoms with Crippen molar-refractivity contribution in [3.63, 3.8) is 0 Å². The fraction of sp³-hybridized carbons (Fsp3) is 0.333. The lowest BCUT2D eigenvalue weighted by atomic mass is 10.1. The van der Waals surface area contributed by atoms with Crippen molar-refractivity contribution in [2.24, 2.45) is 0 Å². The molecule has 0 aliphatic rings. The predicted molar refractivity (Wildman–Crippen MR) is 155 cm³/mol. The van der Waals surface area contributed by atoms with Gasteiger partial charge < -0.3 is 15.0 Å². The maximum Gasteiger partial charge on any atom is 0.329 e. The van der Waals surface area contributed by atoms with Gasteiger partial charge in [0.15, 0.2) is 0 Å². The van der Waals surface area contributed by atoms with Gasteiger partial charge in [0.05, 0.1) is 0 Å². The van der Waals surface area contributed by atoms with Crippen molar-refractivity contribution in [3.8, 4) is 0 Å². The number of urea groups is 1. The van der Waals surface area contributed by atoms with Crippen molar-refractivity contribution in [2.75, 3.05) is 18.8 Å². The molecule has 0 spiro atoms. The van der Waals surface area contributed by atoms with Gasteiger partial charge in [0.25, 0.3) is 0 Å². The number of benzene rings is 3. The van der Waals surface area contributed by atoms with Gasteiger partial charge in [0.1, 0.15) is 11.6 Å². The van der Waals surface area contributed by atoms with E-state index < -0.39 is 17.6 Å². The van der Waals surface area contributed by atoms with Crippen LogP contribution in [-0.2, 0) is 22.4 Å². The lowest BCUT2D eigenvalue weighted by Crippen LogP contribution is -2.51. The Labute approximate surface area is 228 Å². The molecule has 0 heterocycles. The third-order valence-electron chi connectivity index (χ3n) is 5.41. The summed E-state index contributed by atoms with van der Waals surface area (Å²) in [6.45, 7) is 6.62. The van der Waals surface area contributed by atoms with Gasteiger partial charge in [-0.25, -0.2) is 9.59 Å². The maximum atomic E-state index is 13.5. The van der Waals surface area contributed by atoms with E-state index in [0.29, 0.717) is 19.5 Å². The summed E-state index contributed by atoms with van der Waals surface area (Å²) < 4.78 is 5.65. The summed E-state index contributed by atoms with van der Waals surface area (Å²) in [7, 11) is 3.41. The normalized spacial score (nSPS) is 12.0. The molecule has 0 saturated heterocycles. The third-order valence-corrected chi connectivity index (χ3v) is 7.78. The molecule has 1 N–H and O–H groups in total. The monoisotopic (exact) mass is 536 g/mol. The first-order valence-corrected chi connectivity index (χ1v) is 14.8. The standard InChI is InChI=1S/C30H36N2O3S2/c1-30(2,3)35-28(33)27(23-25-15-9-5-10-16-25)31-29(34)32(20-19-24-13-7-4-8-14-24)21-22-36-37-26-17-11-6-12-18-26/h4-18,27H,19-23H2,1-3H3,(H,31,34)/t27-/m0/s1. The van der Waals surface area contributed by atoms with Gasteiger partial charge >= 0.3 is 12.0 Å². The molecule has 0 saturated carbocycles. The minimum Gasteiger partial charge on any atom is -0.458 e. The number of amides is 2. The minimum absolute atomic E-state index is 0.256. The Morgan fingerprint density at radius 3 is 2.00 bits per heavy atom. The summed E-state index contributed by atoms with van der Waals surface area (Å²) in [6.07, 6.45) is 1.10. The summed E-state index contributed by atoms with van der Waals surface area (Å²) in [4.78, 5) is 29.5. The molecule has 1 atom stereocenters. The smallest absolute Gasteiger partial charge is 0.329 e. The van der Waals surface area contributed by atoms with Crippen LogP contribution in [0.4, 0.5) is 4.79 Å². The highest BCUT2D eigenvalue weighted by atomic mass is 33.1. The molecule has 0 aliphatic carbocycles. The molecule has 3 aromatic rings. The number of carbonyl (C=O) groups excluding carboxylic acids is 2. The Kier molecular flexibility index (Phi) is 11.4. The number of ether oxygens (including phenoxy) is 1. The summed E-state index contributed by atoms with van der Waals surface area (Å²) in [5, 5.41) is 2.98. The number of esters is 1. The van der Waals surface area contributed by atoms with E-state index in [-0.39, 0.29) is 6.03 Å². The summed E-state index contributed by atoms with van der Waals surface area (Å²) in [6, 6.07) is 29.0. The molecule has 3 aromatic carbocycles. The van der Waals surface area contributed by atoms with Crippen molar-refractivity contribution >= 4 is 33.6 Å². The van der Waals surface area contributed by atoms with Crippen molar-refractivity contribution in [3.05, 3.63) is 102 Å². The van der Waals surface area contributed by atoms with E-state index >= 15 is 0 Å². The molecule has 0 radical (unpaired) electrons. The first kappa shape index (κ1) is 28.7. The van der Waals surface area contributed by atoms with Crippen molar-refractivity contribution in [2.45, 2.75) is 50.2 Å². The molecular formula is C30H36N2O3S2. The zero-order valence-corrected chi connectivity index (χ0v) is 23.4. The molecule has 7 heteroatoms. The van der Waals surface area contributed by atoms with Crippen molar-refractivity contribution < 1.29 is 14.3 Å². The van der Waals surface area contributed by atoms with Gasteiger partial charge in [-0.3, -0.25) is 0 Å². The van der Waals surface area contributed by atoms with E-state index in [1.165, 1.54) is 10.5 Å². The highest BCUT2D eigenvalue weighted by Crippen LogP contribution is 2.30. The van der Waals surface area contributed by atoms with Crippen LogP contribution in [0.15, 0.2) is 95.9 Å². The molecule has 5 nitrogen and oxygen atoms in total. The van der Waals surface area contributed by atoms with Gasteiger partial charge in [-0.1, -0.05) is 100 Å². The molecule has 2 amide bonds. The van der Waals surface area contributed by atoms with E-state index in [1.807, 2.05) is 87.5 Å². The van der Waals surface area contributed by atoms with Crippen LogP contribution >= 0.6 is 21.6 Å². The first-order valence-electron chi connectivity index (χ1n) is 12.5. The molecule has 0 bridgehead atoms. The largest absolute Gasteiger partial charge is 0.458 e. The lowest BCUT2D eigenvalue weighted by Gasteiger charge is -2.28. The van der Waals surface area contributed by atoms with Crippen LogP contribution < -0.4 is 5.32 Å². The van der Waals surface area contributed by atoms with Gasteiger partial charge in [-0.2, -0.15) is 0 Å². The highest BCUT2D eigenvalue weighted by Gasteiger charge is 2.28. The lowest BCUT2D eigenvalue weighted by molar-refractivity contribution is -0.157. The molecule has 196 valence electrons. The summed E-state index contributed by atoms with van der Waals surface area (Å²) in [5.41, 5.74) is 1.48. The van der Waals surface area contributed by atoms with Crippen LogP contribution in [0.2, 0.25) is 0 Å². The number of hydrogen-bond acceptors (Lipinski definition) is 5. The molecule has 0 aromatic heterocycles. The number of carbonyl (C=O) groups is 2. The molecule has 0 fully saturated rings. The maximum absolute atomic E-state index is 13.5. The molecule has 37 heavy (non-hydrogen) atoms. The first-order chi connectivity index (χ1) is 17.8. The quantitative estimate of drug-likeness (QED) is 0.160. The average molecular weight is 537 g/mol. The van der Waals surface area contributed by atoms with E-state index in [4.69, 9.17) is 4.74 Å². The van der Waals surface area contributed by atoms with E-state index in [9.17, 15) is 9.59 Å². The van der Waals surface area contributed by atoms with Crippen LogP contribution in [0.1, 0.15) is 31.9 Å². The Balaban J connectivity index is 1.67. The second kappa shape index (κ2) is 14.7. The van der Waals surface area contributed by atoms with Crippen molar-refractivity contribution in [1.29, 1.82) is 0 Å². The second-order valence-electron chi connectivity index (χ2n) is 9.67. The van der Waals surface area contributed by atoms with Gasteiger partial charge in [-0.05, 0) is 50.5 Å². The number of nitrogens with zero attached hydrogens (tertiary/aromatic N) is 1. The predicted octanol–water partition coefficient (Wildman–Crippen LogP) is 6.63. The van der Waals surface area contributed by atoms with Crippen molar-refractivity contribution in [1.82, 2.24) is 10.2 Å². The van der Waals surface area contributed by atoms with Crippen LogP contribution in [0.25, 0.3) is 0 Å². The zero-order chi connectivity index (χ0) is 26.5. The minimum atomic E-state index is -0.778. The average Bonchev–Trinajstić information content (AvgIpc) is 2.88. The Hall–Kier alpha value is -2.90. The van der Waals surface area contributed by atoms with E-state index in [2.05, 4.69) is 29.6 Å². The van der Waals surface area contributed by atoms with Crippen LogP contribution in [-0.4, -0.2) is 47.4 Å². The molecular weight excluding hydrogens is 500 g/mol. The van der Waals surface area contributed by atoms with Crippen LogP contribution in [0, 0.1) is 0 Å². The number of hydrogen-bond donors (Lipinski definition) is 1. The van der Waals surface area contributed by atoms with Gasteiger partial charge in [-0.15, -0.1) is 0 Å². The van der Waals surface area contributed by atoms with E-state index in [1.54, 1.807) is 26.5 Å². The number of rotatable bonds is 12. The summed E-state index contributed by atoms with van der Waals surface area (Å²) in [5.74, 6) is 0.333. The fourth-order valence-electron chi connectivity index (χ4n) is 3.61. The Morgan fingerprint density at radius 1 is 0.838 bits per heavy atom. The van der Waals surface area contributed by atoms with E-state index in [0.717, 1.165) is 17.7 Å². The zero-order valence-electron chi connectivity index (χ0n) is 21.8. The highest BCUT2D eigenvalue weighted by molar-refractivity contribution is 8.76. The number of nitrogens with one attached hydrogen (secondary N) is 1. The van der Waals surface area contributed by atoms with Gasteiger partial charge in [0.2, 0.25) is 0 Å².